The van der Waals surface area contributed by atoms with Gasteiger partial charge in [0.25, 0.3) is 0 Å². The number of ether oxygens (including phenoxy) is 2. The second-order valence-electron chi connectivity index (χ2n) is 5.32. The van der Waals surface area contributed by atoms with Crippen molar-refractivity contribution >= 4 is 11.3 Å². The van der Waals surface area contributed by atoms with E-state index >= 15 is 0 Å². The van der Waals surface area contributed by atoms with Crippen LogP contribution in [0.2, 0.25) is 0 Å². The lowest BCUT2D eigenvalue weighted by molar-refractivity contribution is 0.154. The number of hydrogen-bond donors (Lipinski definition) is 1. The second-order valence-corrected chi connectivity index (χ2v) is 6.27. The Balaban J connectivity index is 1.97. The Labute approximate surface area is 129 Å². The molecule has 0 radical (unpaired) electrons. The van der Waals surface area contributed by atoms with Gasteiger partial charge in [-0.25, -0.2) is 0 Å². The number of fused-ring (bicyclic) bond motifs is 1. The van der Waals surface area contributed by atoms with E-state index in [-0.39, 0.29) is 6.10 Å². The molecule has 0 bridgehead atoms. The molecule has 2 atom stereocenters. The first kappa shape index (κ1) is 14.4. The summed E-state index contributed by atoms with van der Waals surface area (Å²) in [6, 6.07) is 8.60. The first-order valence-corrected chi connectivity index (χ1v) is 8.22. The van der Waals surface area contributed by atoms with Crippen LogP contribution in [0, 0.1) is 6.92 Å². The molecule has 1 aromatic heterocycles. The van der Waals surface area contributed by atoms with Crippen molar-refractivity contribution in [2.24, 2.45) is 0 Å². The zero-order valence-electron chi connectivity index (χ0n) is 12.7. The van der Waals surface area contributed by atoms with Crippen LogP contribution in [0.15, 0.2) is 29.6 Å². The Morgan fingerprint density at radius 3 is 2.90 bits per heavy atom. The molecule has 4 heteroatoms. The van der Waals surface area contributed by atoms with Crippen molar-refractivity contribution in [3.05, 3.63) is 45.6 Å². The van der Waals surface area contributed by atoms with Crippen molar-refractivity contribution in [1.29, 1.82) is 0 Å². The van der Waals surface area contributed by atoms with Gasteiger partial charge in [0.2, 0.25) is 0 Å². The highest BCUT2D eigenvalue weighted by molar-refractivity contribution is 7.10. The van der Waals surface area contributed by atoms with Crippen molar-refractivity contribution < 1.29 is 9.47 Å². The van der Waals surface area contributed by atoms with E-state index in [2.05, 4.69) is 36.7 Å². The molecule has 0 saturated carbocycles. The molecule has 0 amide bonds. The molecule has 1 aliphatic rings. The van der Waals surface area contributed by atoms with Crippen molar-refractivity contribution in [3.63, 3.8) is 0 Å². The second kappa shape index (κ2) is 6.08. The third-order valence-corrected chi connectivity index (χ3v) is 5.07. The van der Waals surface area contributed by atoms with Crippen molar-refractivity contribution in [3.8, 4) is 11.5 Å². The van der Waals surface area contributed by atoms with E-state index in [4.69, 9.17) is 9.47 Å². The molecule has 0 aliphatic carbocycles. The Bertz CT molecular complexity index is 623. The third kappa shape index (κ3) is 2.78. The molecule has 3 nitrogen and oxygen atoms in total. The van der Waals surface area contributed by atoms with Crippen LogP contribution in [0.3, 0.4) is 0 Å². The van der Waals surface area contributed by atoms with Crippen LogP contribution in [0.4, 0.5) is 0 Å². The van der Waals surface area contributed by atoms with E-state index in [0.717, 1.165) is 24.5 Å². The average Bonchev–Trinajstić information content (AvgIpc) is 2.93. The molecule has 0 spiro atoms. The van der Waals surface area contributed by atoms with E-state index in [9.17, 15) is 0 Å². The van der Waals surface area contributed by atoms with Crippen LogP contribution in [0.5, 0.6) is 11.5 Å². The normalized spacial score (nSPS) is 20.7. The lowest BCUT2D eigenvalue weighted by Gasteiger charge is -2.33. The maximum atomic E-state index is 6.27. The van der Waals surface area contributed by atoms with Gasteiger partial charge in [0.05, 0.1) is 7.11 Å². The highest BCUT2D eigenvalue weighted by Crippen LogP contribution is 2.44. The minimum atomic E-state index is 0.119. The van der Waals surface area contributed by atoms with Gasteiger partial charge in [-0.15, -0.1) is 11.3 Å². The number of rotatable bonds is 4. The van der Waals surface area contributed by atoms with Gasteiger partial charge >= 0.3 is 0 Å². The highest BCUT2D eigenvalue weighted by atomic mass is 32.1. The molecule has 0 saturated heterocycles. The van der Waals surface area contributed by atoms with Gasteiger partial charge in [-0.1, -0.05) is 13.0 Å². The van der Waals surface area contributed by atoms with Crippen LogP contribution in [-0.2, 0) is 0 Å². The first-order valence-electron chi connectivity index (χ1n) is 7.35. The lowest BCUT2D eigenvalue weighted by Crippen LogP contribution is -2.28. The van der Waals surface area contributed by atoms with Crippen LogP contribution in [-0.4, -0.2) is 13.7 Å². The molecule has 2 unspecified atom stereocenters. The number of benzene rings is 1. The van der Waals surface area contributed by atoms with Crippen LogP contribution in [0.1, 0.15) is 41.5 Å². The van der Waals surface area contributed by atoms with Crippen LogP contribution < -0.4 is 14.8 Å². The number of nitrogens with one attached hydrogen (secondary N) is 1. The summed E-state index contributed by atoms with van der Waals surface area (Å²) in [6.07, 6.45) is 1.09. The topological polar surface area (TPSA) is 30.5 Å². The van der Waals surface area contributed by atoms with Crippen LogP contribution >= 0.6 is 11.3 Å². The summed E-state index contributed by atoms with van der Waals surface area (Å²) in [5.74, 6) is 1.77. The number of methoxy groups -OCH3 is 1. The Kier molecular flexibility index (Phi) is 4.17. The molecular weight excluding hydrogens is 282 g/mol. The van der Waals surface area contributed by atoms with Gasteiger partial charge in [0.1, 0.15) is 17.6 Å². The van der Waals surface area contributed by atoms with Gasteiger partial charge < -0.3 is 14.8 Å². The molecule has 112 valence electrons. The Morgan fingerprint density at radius 1 is 1.38 bits per heavy atom. The predicted octanol–water partition coefficient (Wildman–Crippen LogP) is 4.24. The smallest absolute Gasteiger partial charge is 0.135 e. The summed E-state index contributed by atoms with van der Waals surface area (Å²) < 4.78 is 11.6. The molecule has 1 N–H and O–H groups in total. The van der Waals surface area contributed by atoms with E-state index in [1.54, 1.807) is 18.4 Å². The maximum absolute atomic E-state index is 6.27. The first-order chi connectivity index (χ1) is 10.2. The molecule has 1 aliphatic heterocycles. The Morgan fingerprint density at radius 2 is 2.24 bits per heavy atom. The fraction of sp³-hybridized carbons (Fsp3) is 0.412. The molecule has 2 aromatic rings. The summed E-state index contributed by atoms with van der Waals surface area (Å²) in [5, 5.41) is 5.71. The average molecular weight is 303 g/mol. The lowest BCUT2D eigenvalue weighted by atomic mass is 9.94. The predicted molar refractivity (Wildman–Crippen MR) is 86.5 cm³/mol. The van der Waals surface area contributed by atoms with Crippen molar-refractivity contribution in [2.75, 3.05) is 13.7 Å². The fourth-order valence-corrected chi connectivity index (χ4v) is 3.86. The van der Waals surface area contributed by atoms with Gasteiger partial charge in [0.15, 0.2) is 0 Å². The van der Waals surface area contributed by atoms with Gasteiger partial charge in [0, 0.05) is 29.0 Å². The summed E-state index contributed by atoms with van der Waals surface area (Å²) in [7, 11) is 1.69. The van der Waals surface area contributed by atoms with Gasteiger partial charge in [-0.2, -0.15) is 0 Å². The van der Waals surface area contributed by atoms with Crippen molar-refractivity contribution in [2.45, 2.75) is 32.4 Å². The standard InChI is InChI=1S/C17H21NO2S/c1-4-18-14-10-16(17-11(2)7-8-21-17)20-15-9-12(19-3)5-6-13(14)15/h5-9,14,16,18H,4,10H2,1-3H3. The molecular formula is C17H21NO2S. The maximum Gasteiger partial charge on any atom is 0.135 e. The minimum absolute atomic E-state index is 0.119. The fourth-order valence-electron chi connectivity index (χ4n) is 2.89. The quantitative estimate of drug-likeness (QED) is 0.916. The zero-order valence-corrected chi connectivity index (χ0v) is 13.5. The third-order valence-electron chi connectivity index (χ3n) is 3.96. The van der Waals surface area contributed by atoms with Gasteiger partial charge in [-0.3, -0.25) is 0 Å². The number of aryl methyl sites for hydroxylation is 1. The van der Waals surface area contributed by atoms with Gasteiger partial charge in [-0.05, 0) is 36.5 Å². The molecule has 2 heterocycles. The highest BCUT2D eigenvalue weighted by Gasteiger charge is 2.30. The Hall–Kier alpha value is -1.52. The van der Waals surface area contributed by atoms with E-state index in [0.29, 0.717) is 6.04 Å². The monoisotopic (exact) mass is 303 g/mol. The minimum Gasteiger partial charge on any atom is -0.497 e. The molecule has 21 heavy (non-hydrogen) atoms. The van der Waals surface area contributed by atoms with E-state index < -0.39 is 0 Å². The van der Waals surface area contributed by atoms with Crippen molar-refractivity contribution in [1.82, 2.24) is 5.32 Å². The molecule has 3 rings (SSSR count). The van der Waals surface area contributed by atoms with E-state index in [1.165, 1.54) is 16.0 Å². The molecule has 0 fully saturated rings. The summed E-state index contributed by atoms with van der Waals surface area (Å²) >= 11 is 1.78. The van der Waals surface area contributed by atoms with Crippen LogP contribution in [0.25, 0.3) is 0 Å². The number of hydrogen-bond acceptors (Lipinski definition) is 4. The number of thiophene rings is 1. The molecule has 1 aromatic carbocycles. The summed E-state index contributed by atoms with van der Waals surface area (Å²) in [6.45, 7) is 5.24. The largest absolute Gasteiger partial charge is 0.497 e. The summed E-state index contributed by atoms with van der Waals surface area (Å²) in [5.41, 5.74) is 2.54. The summed E-state index contributed by atoms with van der Waals surface area (Å²) in [4.78, 5) is 1.33. The zero-order chi connectivity index (χ0) is 14.8. The van der Waals surface area contributed by atoms with E-state index in [1.807, 2.05) is 12.1 Å². The SMILES string of the molecule is CCNC1CC(c2sccc2C)Oc2cc(OC)ccc21.